The van der Waals surface area contributed by atoms with Crippen LogP contribution in [0.1, 0.15) is 27.0 Å². The van der Waals surface area contributed by atoms with Crippen LogP contribution in [0.25, 0.3) is 0 Å². The largest absolute Gasteiger partial charge is 0.452 e. The lowest BCUT2D eigenvalue weighted by atomic mass is 10.1. The molecule has 0 bridgehead atoms. The van der Waals surface area contributed by atoms with Gasteiger partial charge in [0.2, 0.25) is 0 Å². The van der Waals surface area contributed by atoms with Crippen molar-refractivity contribution in [1.29, 1.82) is 0 Å². The van der Waals surface area contributed by atoms with Crippen LogP contribution in [0.4, 0.5) is 4.39 Å². The number of benzene rings is 2. The fourth-order valence-corrected chi connectivity index (χ4v) is 2.16. The first kappa shape index (κ1) is 17.7. The summed E-state index contributed by atoms with van der Waals surface area (Å²) in [6.45, 7) is 3.59. The van der Waals surface area contributed by atoms with E-state index in [2.05, 4.69) is 0 Å². The molecule has 2 aromatic rings. The zero-order chi connectivity index (χ0) is 17.7. The van der Waals surface area contributed by atoms with E-state index in [1.54, 1.807) is 37.4 Å². The number of halogens is 1. The fraction of sp³-hybridized carbons (Fsp3) is 0.263. The maximum Gasteiger partial charge on any atom is 0.338 e. The number of aryl methyl sites for hydroxylation is 2. The van der Waals surface area contributed by atoms with Crippen molar-refractivity contribution < 1.29 is 18.7 Å². The molecule has 0 aliphatic carbocycles. The van der Waals surface area contributed by atoms with Crippen molar-refractivity contribution in [2.45, 2.75) is 20.4 Å². The summed E-state index contributed by atoms with van der Waals surface area (Å²) < 4.78 is 18.6. The predicted octanol–water partition coefficient (Wildman–Crippen LogP) is 3.26. The van der Waals surface area contributed by atoms with Gasteiger partial charge in [0.15, 0.2) is 6.61 Å². The molecule has 4 nitrogen and oxygen atoms in total. The normalized spacial score (nSPS) is 10.3. The van der Waals surface area contributed by atoms with E-state index in [9.17, 15) is 14.0 Å². The minimum Gasteiger partial charge on any atom is -0.452 e. The van der Waals surface area contributed by atoms with E-state index in [0.29, 0.717) is 11.1 Å². The second-order valence-electron chi connectivity index (χ2n) is 5.72. The summed E-state index contributed by atoms with van der Waals surface area (Å²) in [6, 6.07) is 11.5. The van der Waals surface area contributed by atoms with Gasteiger partial charge in [0.25, 0.3) is 5.91 Å². The smallest absolute Gasteiger partial charge is 0.338 e. The molecule has 0 spiro atoms. The lowest BCUT2D eigenvalue weighted by Gasteiger charge is -2.17. The second-order valence-corrected chi connectivity index (χ2v) is 5.72. The third kappa shape index (κ3) is 4.41. The van der Waals surface area contributed by atoms with Crippen LogP contribution in [0, 0.1) is 19.7 Å². The second kappa shape index (κ2) is 7.73. The quantitative estimate of drug-likeness (QED) is 0.791. The average Bonchev–Trinajstić information content (AvgIpc) is 2.56. The predicted molar refractivity (Wildman–Crippen MR) is 89.1 cm³/mol. The van der Waals surface area contributed by atoms with Crippen molar-refractivity contribution in [3.63, 3.8) is 0 Å². The van der Waals surface area contributed by atoms with E-state index < -0.39 is 11.9 Å². The van der Waals surface area contributed by atoms with Crippen molar-refractivity contribution in [2.75, 3.05) is 13.7 Å². The topological polar surface area (TPSA) is 46.6 Å². The summed E-state index contributed by atoms with van der Waals surface area (Å²) in [5, 5.41) is 0. The van der Waals surface area contributed by atoms with E-state index in [0.717, 1.165) is 11.1 Å². The van der Waals surface area contributed by atoms with Gasteiger partial charge >= 0.3 is 5.97 Å². The summed E-state index contributed by atoms with van der Waals surface area (Å²) in [4.78, 5) is 25.4. The molecule has 0 fully saturated rings. The Hall–Kier alpha value is -2.69. The van der Waals surface area contributed by atoms with E-state index in [-0.39, 0.29) is 19.0 Å². The molecular weight excluding hydrogens is 309 g/mol. The van der Waals surface area contributed by atoms with Crippen LogP contribution in [-0.2, 0) is 16.1 Å². The van der Waals surface area contributed by atoms with Gasteiger partial charge in [-0.15, -0.1) is 0 Å². The Labute approximate surface area is 140 Å². The van der Waals surface area contributed by atoms with Crippen LogP contribution in [-0.4, -0.2) is 30.4 Å². The number of hydrogen-bond donors (Lipinski definition) is 0. The Bertz CT molecular complexity index is 758. The molecule has 0 aromatic heterocycles. The minimum atomic E-state index is -0.550. The first-order valence-corrected chi connectivity index (χ1v) is 7.60. The van der Waals surface area contributed by atoms with E-state index in [1.807, 2.05) is 19.9 Å². The molecule has 1 amide bonds. The molecule has 5 heteroatoms. The highest BCUT2D eigenvalue weighted by Crippen LogP contribution is 2.12. The molecule has 0 saturated carbocycles. The maximum atomic E-state index is 13.6. The Morgan fingerprint density at radius 1 is 1.08 bits per heavy atom. The summed E-state index contributed by atoms with van der Waals surface area (Å²) in [7, 11) is 1.54. The molecular formula is C19H20FNO3. The highest BCUT2D eigenvalue weighted by molar-refractivity contribution is 5.91. The van der Waals surface area contributed by atoms with Crippen molar-refractivity contribution in [3.05, 3.63) is 70.5 Å². The number of ether oxygens (including phenoxy) is 1. The minimum absolute atomic E-state index is 0.118. The van der Waals surface area contributed by atoms with Gasteiger partial charge in [0, 0.05) is 19.2 Å². The zero-order valence-corrected chi connectivity index (χ0v) is 14.0. The van der Waals surface area contributed by atoms with E-state index in [1.165, 1.54) is 11.0 Å². The summed E-state index contributed by atoms with van der Waals surface area (Å²) in [5.74, 6) is -1.31. The molecule has 0 aliphatic heterocycles. The highest BCUT2D eigenvalue weighted by atomic mass is 19.1. The first-order chi connectivity index (χ1) is 11.4. The van der Waals surface area contributed by atoms with Gasteiger partial charge in [-0.1, -0.05) is 24.3 Å². The van der Waals surface area contributed by atoms with Gasteiger partial charge in [-0.25, -0.2) is 9.18 Å². The number of nitrogens with zero attached hydrogens (tertiary/aromatic N) is 1. The standard InChI is InChI=1S/C19H20FNO3/c1-13-8-9-15(10-14(13)2)19(23)24-12-18(22)21(3)11-16-6-4-5-7-17(16)20/h4-10H,11-12H2,1-3H3. The SMILES string of the molecule is Cc1ccc(C(=O)OCC(=O)N(C)Cc2ccccc2F)cc1C. The molecule has 0 atom stereocenters. The van der Waals surface area contributed by atoms with Crippen LogP contribution in [0.3, 0.4) is 0 Å². The summed E-state index contributed by atoms with van der Waals surface area (Å²) in [6.07, 6.45) is 0. The summed E-state index contributed by atoms with van der Waals surface area (Å²) >= 11 is 0. The summed E-state index contributed by atoms with van der Waals surface area (Å²) in [5.41, 5.74) is 2.87. The molecule has 126 valence electrons. The number of amides is 1. The van der Waals surface area contributed by atoms with Crippen LogP contribution in [0.15, 0.2) is 42.5 Å². The van der Waals surface area contributed by atoms with Crippen molar-refractivity contribution in [1.82, 2.24) is 4.90 Å². The maximum absolute atomic E-state index is 13.6. The van der Waals surface area contributed by atoms with Gasteiger partial charge in [-0.05, 0) is 43.2 Å². The van der Waals surface area contributed by atoms with E-state index in [4.69, 9.17) is 4.74 Å². The Morgan fingerprint density at radius 2 is 1.79 bits per heavy atom. The molecule has 2 rings (SSSR count). The van der Waals surface area contributed by atoms with Crippen molar-refractivity contribution in [3.8, 4) is 0 Å². The third-order valence-electron chi connectivity index (χ3n) is 3.86. The Morgan fingerprint density at radius 3 is 2.46 bits per heavy atom. The highest BCUT2D eigenvalue weighted by Gasteiger charge is 2.15. The molecule has 0 radical (unpaired) electrons. The molecule has 0 unspecified atom stereocenters. The van der Waals surface area contributed by atoms with E-state index >= 15 is 0 Å². The molecule has 0 aliphatic rings. The lowest BCUT2D eigenvalue weighted by Crippen LogP contribution is -2.31. The lowest BCUT2D eigenvalue weighted by molar-refractivity contribution is -0.133. The number of hydrogen-bond acceptors (Lipinski definition) is 3. The fourth-order valence-electron chi connectivity index (χ4n) is 2.16. The Kier molecular flexibility index (Phi) is 5.68. The average molecular weight is 329 g/mol. The van der Waals surface area contributed by atoms with Crippen LogP contribution in [0.2, 0.25) is 0 Å². The monoisotopic (exact) mass is 329 g/mol. The van der Waals surface area contributed by atoms with Gasteiger partial charge < -0.3 is 9.64 Å². The molecule has 0 saturated heterocycles. The molecule has 24 heavy (non-hydrogen) atoms. The van der Waals surface area contributed by atoms with Gasteiger partial charge in [0.05, 0.1) is 5.56 Å². The van der Waals surface area contributed by atoms with Crippen molar-refractivity contribution in [2.24, 2.45) is 0 Å². The number of carbonyl (C=O) groups excluding carboxylic acids is 2. The van der Waals surface area contributed by atoms with Crippen LogP contribution in [0.5, 0.6) is 0 Å². The molecule has 0 N–H and O–H groups in total. The third-order valence-corrected chi connectivity index (χ3v) is 3.86. The zero-order valence-electron chi connectivity index (χ0n) is 14.0. The number of rotatable bonds is 5. The Balaban J connectivity index is 1.91. The number of likely N-dealkylation sites (N-methyl/N-ethyl adjacent to an activating group) is 1. The van der Waals surface area contributed by atoms with Gasteiger partial charge in [0.1, 0.15) is 5.82 Å². The van der Waals surface area contributed by atoms with Crippen molar-refractivity contribution >= 4 is 11.9 Å². The van der Waals surface area contributed by atoms with Gasteiger partial charge in [-0.2, -0.15) is 0 Å². The van der Waals surface area contributed by atoms with Crippen LogP contribution < -0.4 is 0 Å². The number of carbonyl (C=O) groups is 2. The first-order valence-electron chi connectivity index (χ1n) is 7.60. The molecule has 0 heterocycles. The molecule has 2 aromatic carbocycles. The van der Waals surface area contributed by atoms with Gasteiger partial charge in [-0.3, -0.25) is 4.79 Å². The number of esters is 1. The van der Waals surface area contributed by atoms with Crippen LogP contribution >= 0.6 is 0 Å².